The van der Waals surface area contributed by atoms with Crippen LogP contribution in [0.4, 0.5) is 0 Å². The van der Waals surface area contributed by atoms with Gasteiger partial charge in [0.2, 0.25) is 5.91 Å². The molecule has 104 valence electrons. The fraction of sp³-hybridized carbons (Fsp3) is 0.929. The average Bonchev–Trinajstić information content (AvgIpc) is 2.88. The van der Waals surface area contributed by atoms with Crippen LogP contribution < -0.4 is 16.0 Å². The smallest absolute Gasteiger partial charge is 0.221 e. The third-order valence-electron chi connectivity index (χ3n) is 4.47. The van der Waals surface area contributed by atoms with Crippen molar-refractivity contribution < 1.29 is 4.79 Å². The summed E-state index contributed by atoms with van der Waals surface area (Å²) in [6.45, 7) is 2.00. The van der Waals surface area contributed by atoms with Gasteiger partial charge >= 0.3 is 0 Å². The summed E-state index contributed by atoms with van der Waals surface area (Å²) < 4.78 is 0. The van der Waals surface area contributed by atoms with Crippen molar-refractivity contribution in [1.29, 1.82) is 0 Å². The van der Waals surface area contributed by atoms with Gasteiger partial charge in [-0.15, -0.1) is 0 Å². The Morgan fingerprint density at radius 2 is 2.11 bits per heavy atom. The lowest BCUT2D eigenvalue weighted by Gasteiger charge is -2.33. The molecule has 18 heavy (non-hydrogen) atoms. The molecule has 0 aromatic rings. The number of carbonyl (C=O) groups is 1. The second-order valence-electron chi connectivity index (χ2n) is 5.63. The normalized spacial score (nSPS) is 32.4. The molecule has 1 saturated carbocycles. The van der Waals surface area contributed by atoms with Gasteiger partial charge in [-0.05, 0) is 38.1 Å². The van der Waals surface area contributed by atoms with E-state index in [-0.39, 0.29) is 5.91 Å². The molecule has 1 aliphatic heterocycles. The molecule has 3 unspecified atom stereocenters. The molecule has 0 aromatic carbocycles. The Labute approximate surface area is 110 Å². The molecular formula is C14H27N3O. The van der Waals surface area contributed by atoms with E-state index in [1.165, 1.54) is 45.1 Å². The van der Waals surface area contributed by atoms with E-state index in [4.69, 9.17) is 0 Å². The van der Waals surface area contributed by atoms with Gasteiger partial charge < -0.3 is 16.0 Å². The zero-order valence-electron chi connectivity index (χ0n) is 11.5. The molecule has 4 nitrogen and oxygen atoms in total. The lowest BCUT2D eigenvalue weighted by molar-refractivity contribution is -0.120. The highest BCUT2D eigenvalue weighted by molar-refractivity contribution is 5.75. The van der Waals surface area contributed by atoms with Crippen molar-refractivity contribution in [3.63, 3.8) is 0 Å². The van der Waals surface area contributed by atoms with Gasteiger partial charge in [0.05, 0.1) is 0 Å². The SMILES string of the molecule is CNC(=O)CCNC1CCCC1C1CCCCN1. The maximum atomic E-state index is 11.2. The summed E-state index contributed by atoms with van der Waals surface area (Å²) in [6, 6.07) is 1.32. The van der Waals surface area contributed by atoms with Crippen LogP contribution in [0, 0.1) is 5.92 Å². The van der Waals surface area contributed by atoms with E-state index in [0.717, 1.165) is 12.5 Å². The molecule has 2 rings (SSSR count). The van der Waals surface area contributed by atoms with Gasteiger partial charge in [0, 0.05) is 32.1 Å². The van der Waals surface area contributed by atoms with Gasteiger partial charge in [-0.2, -0.15) is 0 Å². The van der Waals surface area contributed by atoms with Gasteiger partial charge in [-0.25, -0.2) is 0 Å². The number of hydrogen-bond acceptors (Lipinski definition) is 3. The first kappa shape index (κ1) is 13.8. The first-order valence-electron chi connectivity index (χ1n) is 7.48. The predicted molar refractivity (Wildman–Crippen MR) is 73.5 cm³/mol. The summed E-state index contributed by atoms with van der Waals surface area (Å²) >= 11 is 0. The minimum absolute atomic E-state index is 0.132. The molecule has 0 radical (unpaired) electrons. The van der Waals surface area contributed by atoms with Crippen LogP contribution in [0.3, 0.4) is 0 Å². The summed E-state index contributed by atoms with van der Waals surface area (Å²) in [5.41, 5.74) is 0. The molecule has 0 spiro atoms. The predicted octanol–water partition coefficient (Wildman–Crippen LogP) is 1.02. The Balaban J connectivity index is 1.74. The zero-order valence-corrected chi connectivity index (χ0v) is 11.5. The fourth-order valence-electron chi connectivity index (χ4n) is 3.46. The molecule has 4 heteroatoms. The van der Waals surface area contributed by atoms with Gasteiger partial charge in [-0.1, -0.05) is 12.8 Å². The molecule has 0 bridgehead atoms. The van der Waals surface area contributed by atoms with Crippen molar-refractivity contribution in [1.82, 2.24) is 16.0 Å². The van der Waals surface area contributed by atoms with Crippen molar-refractivity contribution >= 4 is 5.91 Å². The Bertz CT molecular complexity index is 264. The minimum atomic E-state index is 0.132. The molecule has 3 N–H and O–H groups in total. The van der Waals surface area contributed by atoms with Crippen molar-refractivity contribution in [2.75, 3.05) is 20.1 Å². The molecule has 2 fully saturated rings. The number of rotatable bonds is 5. The number of nitrogens with one attached hydrogen (secondary N) is 3. The minimum Gasteiger partial charge on any atom is -0.359 e. The topological polar surface area (TPSA) is 53.2 Å². The summed E-state index contributed by atoms with van der Waals surface area (Å²) in [7, 11) is 1.70. The van der Waals surface area contributed by atoms with Gasteiger partial charge in [-0.3, -0.25) is 4.79 Å². The standard InChI is InChI=1S/C14H27N3O/c1-15-14(18)8-10-17-13-7-4-5-11(13)12-6-2-3-9-16-12/h11-13,16-17H,2-10H2,1H3,(H,15,18). The van der Waals surface area contributed by atoms with Crippen LogP contribution in [0.2, 0.25) is 0 Å². The largest absolute Gasteiger partial charge is 0.359 e. The van der Waals surface area contributed by atoms with Crippen LogP contribution in [-0.4, -0.2) is 38.1 Å². The molecule has 1 saturated heterocycles. The van der Waals surface area contributed by atoms with E-state index in [2.05, 4.69) is 16.0 Å². The second kappa shape index (κ2) is 7.10. The summed E-state index contributed by atoms with van der Waals surface area (Å²) in [5, 5.41) is 9.95. The van der Waals surface area contributed by atoms with Crippen LogP contribution in [0.5, 0.6) is 0 Å². The van der Waals surface area contributed by atoms with Crippen molar-refractivity contribution in [3.8, 4) is 0 Å². The Hall–Kier alpha value is -0.610. The van der Waals surface area contributed by atoms with Crippen LogP contribution in [0.15, 0.2) is 0 Å². The van der Waals surface area contributed by atoms with Crippen LogP contribution >= 0.6 is 0 Å². The monoisotopic (exact) mass is 253 g/mol. The fourth-order valence-corrected chi connectivity index (χ4v) is 3.46. The van der Waals surface area contributed by atoms with Gasteiger partial charge in [0.1, 0.15) is 0 Å². The number of carbonyl (C=O) groups excluding carboxylic acids is 1. The lowest BCUT2D eigenvalue weighted by Crippen LogP contribution is -2.47. The zero-order chi connectivity index (χ0) is 12.8. The van der Waals surface area contributed by atoms with Gasteiger partial charge in [0.25, 0.3) is 0 Å². The summed E-state index contributed by atoms with van der Waals surface area (Å²) in [6.07, 6.45) is 8.58. The van der Waals surface area contributed by atoms with E-state index in [9.17, 15) is 4.79 Å². The maximum absolute atomic E-state index is 11.2. The summed E-state index contributed by atoms with van der Waals surface area (Å²) in [5.74, 6) is 0.905. The van der Waals surface area contributed by atoms with Crippen molar-refractivity contribution in [2.45, 2.75) is 57.0 Å². The third-order valence-corrected chi connectivity index (χ3v) is 4.47. The third kappa shape index (κ3) is 3.69. The number of hydrogen-bond donors (Lipinski definition) is 3. The molecule has 1 amide bonds. The molecule has 1 heterocycles. The highest BCUT2D eigenvalue weighted by atomic mass is 16.1. The van der Waals surface area contributed by atoms with E-state index >= 15 is 0 Å². The van der Waals surface area contributed by atoms with Crippen LogP contribution in [-0.2, 0) is 4.79 Å². The second-order valence-corrected chi connectivity index (χ2v) is 5.63. The highest BCUT2D eigenvalue weighted by Crippen LogP contribution is 2.31. The Morgan fingerprint density at radius 3 is 2.83 bits per heavy atom. The first-order chi connectivity index (χ1) is 8.81. The quantitative estimate of drug-likeness (QED) is 0.686. The molecular weight excluding hydrogens is 226 g/mol. The van der Waals surface area contributed by atoms with Crippen molar-refractivity contribution in [2.24, 2.45) is 5.92 Å². The average molecular weight is 253 g/mol. The Kier molecular flexibility index (Phi) is 5.45. The Morgan fingerprint density at radius 1 is 1.22 bits per heavy atom. The first-order valence-corrected chi connectivity index (χ1v) is 7.48. The van der Waals surface area contributed by atoms with Gasteiger partial charge in [0.15, 0.2) is 0 Å². The lowest BCUT2D eigenvalue weighted by atomic mass is 9.88. The number of amides is 1. The number of piperidine rings is 1. The maximum Gasteiger partial charge on any atom is 0.221 e. The van der Waals surface area contributed by atoms with E-state index in [1.54, 1.807) is 7.05 Å². The van der Waals surface area contributed by atoms with E-state index < -0.39 is 0 Å². The molecule has 0 aromatic heterocycles. The van der Waals surface area contributed by atoms with Crippen molar-refractivity contribution in [3.05, 3.63) is 0 Å². The molecule has 2 aliphatic rings. The summed E-state index contributed by atoms with van der Waals surface area (Å²) in [4.78, 5) is 11.2. The molecule has 3 atom stereocenters. The highest BCUT2D eigenvalue weighted by Gasteiger charge is 2.33. The van der Waals surface area contributed by atoms with Crippen LogP contribution in [0.25, 0.3) is 0 Å². The van der Waals surface area contributed by atoms with E-state index in [1.807, 2.05) is 0 Å². The molecule has 1 aliphatic carbocycles. The van der Waals surface area contributed by atoms with Crippen LogP contribution in [0.1, 0.15) is 44.9 Å². The van der Waals surface area contributed by atoms with E-state index in [0.29, 0.717) is 18.5 Å².